The standard InChI is InChI=1S/C15H29NO2/c1-10(2)14(18)12(16-11(3)4)8-9-13(17)15(5,6)7/h10-12,16H,8-9H2,1-7H3. The fourth-order valence-corrected chi connectivity index (χ4v) is 1.76. The second-order valence-electron chi connectivity index (χ2n) is 6.64. The van der Waals surface area contributed by atoms with Crippen LogP contribution in [0, 0.1) is 11.3 Å². The van der Waals surface area contributed by atoms with Crippen LogP contribution in [0.15, 0.2) is 0 Å². The van der Waals surface area contributed by atoms with E-state index in [-0.39, 0.29) is 35.0 Å². The molecule has 0 aliphatic heterocycles. The second kappa shape index (κ2) is 7.03. The van der Waals surface area contributed by atoms with Gasteiger partial charge in [0.15, 0.2) is 5.78 Å². The third-order valence-corrected chi connectivity index (χ3v) is 2.94. The van der Waals surface area contributed by atoms with Crippen LogP contribution in [0.5, 0.6) is 0 Å². The molecule has 0 fully saturated rings. The molecule has 0 spiro atoms. The molecule has 106 valence electrons. The molecule has 0 aliphatic carbocycles. The number of carbonyl (C=O) groups is 2. The van der Waals surface area contributed by atoms with Crippen LogP contribution >= 0.6 is 0 Å². The average Bonchev–Trinajstić information content (AvgIpc) is 2.20. The number of hydrogen-bond acceptors (Lipinski definition) is 3. The van der Waals surface area contributed by atoms with Gasteiger partial charge in [-0.05, 0) is 6.42 Å². The lowest BCUT2D eigenvalue weighted by Gasteiger charge is -2.23. The summed E-state index contributed by atoms with van der Waals surface area (Å²) in [5.74, 6) is 0.422. The van der Waals surface area contributed by atoms with Gasteiger partial charge < -0.3 is 5.32 Å². The van der Waals surface area contributed by atoms with Crippen molar-refractivity contribution < 1.29 is 9.59 Å². The van der Waals surface area contributed by atoms with Gasteiger partial charge in [-0.2, -0.15) is 0 Å². The Labute approximate surface area is 112 Å². The number of ketones is 2. The van der Waals surface area contributed by atoms with E-state index in [4.69, 9.17) is 0 Å². The van der Waals surface area contributed by atoms with E-state index in [1.807, 2.05) is 48.5 Å². The second-order valence-corrected chi connectivity index (χ2v) is 6.64. The van der Waals surface area contributed by atoms with E-state index in [0.717, 1.165) is 0 Å². The first-order chi connectivity index (χ1) is 8.05. The van der Waals surface area contributed by atoms with E-state index in [0.29, 0.717) is 12.8 Å². The quantitative estimate of drug-likeness (QED) is 0.760. The number of carbonyl (C=O) groups excluding carboxylic acids is 2. The SMILES string of the molecule is CC(C)NC(CCC(=O)C(C)(C)C)C(=O)C(C)C. The van der Waals surface area contributed by atoms with Crippen molar-refractivity contribution in [2.24, 2.45) is 11.3 Å². The Bertz CT molecular complexity index is 287. The highest BCUT2D eigenvalue weighted by atomic mass is 16.1. The summed E-state index contributed by atoms with van der Waals surface area (Å²) >= 11 is 0. The Morgan fingerprint density at radius 3 is 1.89 bits per heavy atom. The molecule has 0 amide bonds. The molecule has 1 N–H and O–H groups in total. The van der Waals surface area contributed by atoms with Crippen molar-refractivity contribution in [3.05, 3.63) is 0 Å². The Hall–Kier alpha value is -0.700. The summed E-state index contributed by atoms with van der Waals surface area (Å²) in [6.07, 6.45) is 1.07. The monoisotopic (exact) mass is 255 g/mol. The van der Waals surface area contributed by atoms with Crippen LogP contribution in [0.2, 0.25) is 0 Å². The molecule has 0 bridgehead atoms. The minimum absolute atomic E-state index is 0.00555. The topological polar surface area (TPSA) is 46.2 Å². The van der Waals surface area contributed by atoms with Crippen molar-refractivity contribution in [2.75, 3.05) is 0 Å². The number of hydrogen-bond donors (Lipinski definition) is 1. The molecule has 3 nitrogen and oxygen atoms in total. The Morgan fingerprint density at radius 2 is 1.56 bits per heavy atom. The average molecular weight is 255 g/mol. The Kier molecular flexibility index (Phi) is 6.76. The predicted octanol–water partition coefficient (Wildman–Crippen LogP) is 2.97. The fraction of sp³-hybridized carbons (Fsp3) is 0.867. The summed E-state index contributed by atoms with van der Waals surface area (Å²) in [7, 11) is 0. The number of Topliss-reactive ketones (excluding diaryl/α,β-unsaturated/α-hetero) is 2. The molecule has 1 unspecified atom stereocenters. The van der Waals surface area contributed by atoms with Crippen LogP contribution < -0.4 is 5.32 Å². The number of nitrogens with one attached hydrogen (secondary N) is 1. The maximum Gasteiger partial charge on any atom is 0.152 e. The highest BCUT2D eigenvalue weighted by Crippen LogP contribution is 2.19. The van der Waals surface area contributed by atoms with Gasteiger partial charge >= 0.3 is 0 Å². The van der Waals surface area contributed by atoms with Crippen LogP contribution in [0.25, 0.3) is 0 Å². The zero-order chi connectivity index (χ0) is 14.5. The van der Waals surface area contributed by atoms with E-state index in [9.17, 15) is 9.59 Å². The normalized spacial score (nSPS) is 14.1. The first-order valence-corrected chi connectivity index (χ1v) is 6.88. The van der Waals surface area contributed by atoms with Gasteiger partial charge in [0.25, 0.3) is 0 Å². The summed E-state index contributed by atoms with van der Waals surface area (Å²) in [5, 5.41) is 3.27. The molecule has 0 aromatic carbocycles. The van der Waals surface area contributed by atoms with Gasteiger partial charge in [-0.15, -0.1) is 0 Å². The van der Waals surface area contributed by atoms with Crippen molar-refractivity contribution in [3.63, 3.8) is 0 Å². The van der Waals surface area contributed by atoms with Gasteiger partial charge in [-0.25, -0.2) is 0 Å². The smallest absolute Gasteiger partial charge is 0.152 e. The van der Waals surface area contributed by atoms with E-state index in [1.165, 1.54) is 0 Å². The van der Waals surface area contributed by atoms with Crippen LogP contribution in [0.1, 0.15) is 61.3 Å². The zero-order valence-corrected chi connectivity index (χ0v) is 13.0. The molecule has 1 atom stereocenters. The molecule has 0 heterocycles. The highest BCUT2D eigenvalue weighted by molar-refractivity contribution is 5.88. The van der Waals surface area contributed by atoms with Gasteiger partial charge in [-0.1, -0.05) is 48.5 Å². The summed E-state index contributed by atoms with van der Waals surface area (Å²) in [6, 6.07) is 0.0544. The first kappa shape index (κ1) is 17.3. The molecule has 0 saturated heterocycles. The lowest BCUT2D eigenvalue weighted by molar-refractivity contribution is -0.127. The molecule has 0 aromatic heterocycles. The van der Waals surface area contributed by atoms with Crippen molar-refractivity contribution >= 4 is 11.6 Å². The third-order valence-electron chi connectivity index (χ3n) is 2.94. The van der Waals surface area contributed by atoms with Crippen molar-refractivity contribution in [1.82, 2.24) is 5.32 Å². The van der Waals surface area contributed by atoms with Crippen LogP contribution in [0.3, 0.4) is 0 Å². The minimum atomic E-state index is -0.316. The van der Waals surface area contributed by atoms with Crippen molar-refractivity contribution in [1.29, 1.82) is 0 Å². The largest absolute Gasteiger partial charge is 0.305 e. The minimum Gasteiger partial charge on any atom is -0.305 e. The van der Waals surface area contributed by atoms with E-state index >= 15 is 0 Å². The maximum atomic E-state index is 12.1. The third kappa shape index (κ3) is 6.29. The van der Waals surface area contributed by atoms with E-state index < -0.39 is 0 Å². The molecular weight excluding hydrogens is 226 g/mol. The molecule has 0 radical (unpaired) electrons. The number of rotatable bonds is 7. The zero-order valence-electron chi connectivity index (χ0n) is 13.0. The summed E-state index contributed by atoms with van der Waals surface area (Å²) in [4.78, 5) is 24.0. The highest BCUT2D eigenvalue weighted by Gasteiger charge is 2.26. The van der Waals surface area contributed by atoms with E-state index in [2.05, 4.69) is 5.32 Å². The first-order valence-electron chi connectivity index (χ1n) is 6.88. The Balaban J connectivity index is 4.52. The molecule has 0 aromatic rings. The molecule has 18 heavy (non-hydrogen) atoms. The van der Waals surface area contributed by atoms with Crippen LogP contribution in [-0.2, 0) is 9.59 Å². The van der Waals surface area contributed by atoms with Gasteiger partial charge in [0.1, 0.15) is 5.78 Å². The molecular formula is C15H29NO2. The van der Waals surface area contributed by atoms with Crippen molar-refractivity contribution in [2.45, 2.75) is 73.4 Å². The van der Waals surface area contributed by atoms with E-state index in [1.54, 1.807) is 0 Å². The maximum absolute atomic E-state index is 12.1. The molecule has 3 heteroatoms. The van der Waals surface area contributed by atoms with Crippen molar-refractivity contribution in [3.8, 4) is 0 Å². The lowest BCUT2D eigenvalue weighted by Crippen LogP contribution is -2.43. The van der Waals surface area contributed by atoms with Gasteiger partial charge in [0.2, 0.25) is 0 Å². The predicted molar refractivity (Wildman–Crippen MR) is 75.6 cm³/mol. The summed E-state index contributed by atoms with van der Waals surface area (Å²) < 4.78 is 0. The van der Waals surface area contributed by atoms with Gasteiger partial charge in [0, 0.05) is 23.8 Å². The molecule has 0 rings (SSSR count). The molecule has 0 aliphatic rings. The fourth-order valence-electron chi connectivity index (χ4n) is 1.76. The Morgan fingerprint density at radius 1 is 1.06 bits per heavy atom. The van der Waals surface area contributed by atoms with Crippen LogP contribution in [0.4, 0.5) is 0 Å². The van der Waals surface area contributed by atoms with Gasteiger partial charge in [-0.3, -0.25) is 9.59 Å². The lowest BCUT2D eigenvalue weighted by atomic mass is 9.86. The summed E-state index contributed by atoms with van der Waals surface area (Å²) in [6.45, 7) is 13.6. The summed E-state index contributed by atoms with van der Waals surface area (Å²) in [5.41, 5.74) is -0.316. The van der Waals surface area contributed by atoms with Gasteiger partial charge in [0.05, 0.1) is 6.04 Å². The van der Waals surface area contributed by atoms with Crippen LogP contribution in [-0.4, -0.2) is 23.7 Å². The molecule has 0 saturated carbocycles.